The molecule has 0 bridgehead atoms. The largest absolute Gasteiger partial charge is 0.447 e. The van der Waals surface area contributed by atoms with Crippen LogP contribution in [0.4, 0.5) is 9.80 Å². The average molecular weight is 405 g/mol. The number of carbonyl (C=O) groups is 1. The van der Waals surface area contributed by atoms with Crippen molar-refractivity contribution in [2.24, 2.45) is 0 Å². The van der Waals surface area contributed by atoms with E-state index in [0.717, 1.165) is 15.2 Å². The highest BCUT2D eigenvalue weighted by Crippen LogP contribution is 2.38. The van der Waals surface area contributed by atoms with Gasteiger partial charge in [0.05, 0.1) is 16.8 Å². The van der Waals surface area contributed by atoms with Crippen LogP contribution >= 0.6 is 22.7 Å². The van der Waals surface area contributed by atoms with Crippen LogP contribution in [0.1, 0.15) is 50.7 Å². The minimum Gasteiger partial charge on any atom is -0.447 e. The summed E-state index contributed by atoms with van der Waals surface area (Å²) in [5.41, 5.74) is 3.31. The van der Waals surface area contributed by atoms with Gasteiger partial charge < -0.3 is 4.74 Å². The molecule has 0 aliphatic rings. The molecule has 2 heterocycles. The number of hydrogen-bond acceptors (Lipinski definition) is 5. The van der Waals surface area contributed by atoms with Gasteiger partial charge in [0.25, 0.3) is 0 Å². The van der Waals surface area contributed by atoms with E-state index in [4.69, 9.17) is 4.74 Å². The van der Waals surface area contributed by atoms with Gasteiger partial charge in [-0.1, -0.05) is 51.2 Å². The molecule has 27 heavy (non-hydrogen) atoms. The quantitative estimate of drug-likeness (QED) is 0.580. The van der Waals surface area contributed by atoms with Gasteiger partial charge in [0, 0.05) is 0 Å². The fraction of sp³-hybridized carbons (Fsp3) is 0.400. The van der Waals surface area contributed by atoms with Crippen molar-refractivity contribution < 1.29 is 9.53 Å². The van der Waals surface area contributed by atoms with Crippen molar-refractivity contribution in [2.75, 3.05) is 11.9 Å². The highest BCUT2D eigenvalue weighted by atomic mass is 32.1. The van der Waals surface area contributed by atoms with Crippen molar-refractivity contribution >= 4 is 44.0 Å². The first-order valence-electron chi connectivity index (χ1n) is 9.02. The Kier molecular flexibility index (Phi) is 6.01. The van der Waals surface area contributed by atoms with Crippen LogP contribution in [0.25, 0.3) is 10.2 Å². The lowest BCUT2D eigenvalue weighted by Crippen LogP contribution is -2.21. The van der Waals surface area contributed by atoms with Crippen LogP contribution in [0.5, 0.6) is 0 Å². The van der Waals surface area contributed by atoms with Gasteiger partial charge in [0.1, 0.15) is 11.6 Å². The topological polar surface area (TPSA) is 60.3 Å². The number of thiophene rings is 1. The predicted octanol–water partition coefficient (Wildman–Crippen LogP) is 5.62. The molecule has 0 spiro atoms. The summed E-state index contributed by atoms with van der Waals surface area (Å²) >= 11 is 2.73. The Labute approximate surface area is 166 Å². The lowest BCUT2D eigenvalue weighted by atomic mass is 9.94. The first-order valence-corrected chi connectivity index (χ1v) is 10.7. The van der Waals surface area contributed by atoms with Crippen molar-refractivity contribution in [3.63, 3.8) is 0 Å². The molecule has 0 atom stereocenters. The van der Waals surface area contributed by atoms with E-state index >= 15 is 0 Å². The van der Waals surface area contributed by atoms with Crippen LogP contribution < -0.4 is 10.2 Å². The molecule has 1 N–H and O–H groups in total. The van der Waals surface area contributed by atoms with E-state index in [2.05, 4.69) is 38.4 Å². The maximum atomic E-state index is 12.2. The van der Waals surface area contributed by atoms with E-state index in [-0.39, 0.29) is 11.5 Å². The van der Waals surface area contributed by atoms with Crippen molar-refractivity contribution in [1.82, 2.24) is 4.57 Å². The number of ether oxygens (including phenoxy) is 1. The monoisotopic (exact) mass is 404 g/mol. The summed E-state index contributed by atoms with van der Waals surface area (Å²) in [5.74, 6) is 0.726. The number of thiazole rings is 1. The number of para-hydroxylation sites is 1. The summed E-state index contributed by atoms with van der Waals surface area (Å²) in [6.07, 6.45) is -0.485. The summed E-state index contributed by atoms with van der Waals surface area (Å²) < 4.78 is 7.92. The zero-order valence-electron chi connectivity index (χ0n) is 15.9. The van der Waals surface area contributed by atoms with Crippen LogP contribution in [-0.4, -0.2) is 17.3 Å². The van der Waals surface area contributed by atoms with Gasteiger partial charge >= 0.3 is 11.0 Å². The lowest BCUT2D eigenvalue weighted by molar-refractivity contribution is 0.157. The smallest absolute Gasteiger partial charge is 0.412 e. The molecule has 3 aromatic rings. The Bertz CT molecular complexity index is 998. The molecule has 1 aromatic carbocycles. The number of fused-ring (bicyclic) bond motifs is 1. The molecule has 0 unspecified atom stereocenters. The van der Waals surface area contributed by atoms with Gasteiger partial charge in [-0.3, -0.25) is 14.7 Å². The van der Waals surface area contributed by atoms with Gasteiger partial charge in [-0.25, -0.2) is 4.79 Å². The Morgan fingerprint density at radius 3 is 2.63 bits per heavy atom. The Balaban J connectivity index is 1.64. The minimum atomic E-state index is -0.485. The molecule has 0 aliphatic heterocycles. The van der Waals surface area contributed by atoms with E-state index in [1.165, 1.54) is 33.8 Å². The normalized spacial score (nSPS) is 11.5. The van der Waals surface area contributed by atoms with E-state index < -0.39 is 6.09 Å². The summed E-state index contributed by atoms with van der Waals surface area (Å²) in [7, 11) is 0. The number of benzene rings is 1. The van der Waals surface area contributed by atoms with Crippen molar-refractivity contribution in [3.05, 3.63) is 50.4 Å². The molecule has 1 amide bonds. The first-order chi connectivity index (χ1) is 12.9. The zero-order valence-corrected chi connectivity index (χ0v) is 17.6. The zero-order chi connectivity index (χ0) is 19.6. The molecule has 0 radical (unpaired) electrons. The number of carbonyl (C=O) groups excluding carboxylic acids is 1. The summed E-state index contributed by atoms with van der Waals surface area (Å²) in [6.45, 7) is 9.04. The summed E-state index contributed by atoms with van der Waals surface area (Å²) in [6, 6.07) is 7.63. The van der Waals surface area contributed by atoms with Gasteiger partial charge in [-0.05, 0) is 40.5 Å². The Morgan fingerprint density at radius 2 is 1.93 bits per heavy atom. The summed E-state index contributed by atoms with van der Waals surface area (Å²) in [4.78, 5) is 24.3. The number of anilines is 1. The molecule has 0 aliphatic carbocycles. The number of nitrogens with one attached hydrogen (secondary N) is 1. The molecule has 0 fully saturated rings. The molecule has 2 aromatic heterocycles. The average Bonchev–Trinajstić information content (AvgIpc) is 3.16. The van der Waals surface area contributed by atoms with Crippen molar-refractivity contribution in [1.29, 1.82) is 0 Å². The number of amides is 1. The van der Waals surface area contributed by atoms with Gasteiger partial charge in [-0.2, -0.15) is 0 Å². The molecule has 5 nitrogen and oxygen atoms in total. The second kappa shape index (κ2) is 8.27. The second-order valence-corrected chi connectivity index (χ2v) is 8.86. The van der Waals surface area contributed by atoms with Crippen molar-refractivity contribution in [2.45, 2.75) is 46.1 Å². The Morgan fingerprint density at radius 1 is 1.19 bits per heavy atom. The third kappa shape index (κ3) is 4.25. The predicted molar refractivity (Wildman–Crippen MR) is 114 cm³/mol. The van der Waals surface area contributed by atoms with E-state index in [1.54, 1.807) is 4.57 Å². The molecular formula is C20H24N2O3S2. The molecule has 3 rings (SSSR count). The standard InChI is InChI=1S/C20H24N2O3S2/c1-12(2)14-11-26-18(17(14)13(3)4)21-19(23)25-10-9-22-15-7-5-6-8-16(15)27-20(22)24/h5-8,11-13H,9-10H2,1-4H3,(H,21,23). The lowest BCUT2D eigenvalue weighted by Gasteiger charge is -2.14. The second-order valence-electron chi connectivity index (χ2n) is 6.99. The van der Waals surface area contributed by atoms with Crippen LogP contribution in [-0.2, 0) is 11.3 Å². The highest BCUT2D eigenvalue weighted by molar-refractivity contribution is 7.16. The first kappa shape index (κ1) is 19.6. The third-order valence-corrected chi connectivity index (χ3v) is 6.29. The van der Waals surface area contributed by atoms with Crippen LogP contribution in [0.2, 0.25) is 0 Å². The number of nitrogens with zero attached hydrogens (tertiary/aromatic N) is 1. The molecule has 0 saturated carbocycles. The van der Waals surface area contributed by atoms with Gasteiger partial charge in [-0.15, -0.1) is 11.3 Å². The maximum Gasteiger partial charge on any atom is 0.412 e. The van der Waals surface area contributed by atoms with Gasteiger partial charge in [0.2, 0.25) is 0 Å². The fourth-order valence-corrected chi connectivity index (χ4v) is 5.29. The number of aromatic nitrogens is 1. The SMILES string of the molecule is CC(C)c1csc(NC(=O)OCCn2c(=O)sc3ccccc32)c1C(C)C. The number of hydrogen-bond donors (Lipinski definition) is 1. The van der Waals surface area contributed by atoms with E-state index in [0.29, 0.717) is 18.4 Å². The Hall–Kier alpha value is -2.12. The summed E-state index contributed by atoms with van der Waals surface area (Å²) in [5, 5.41) is 5.82. The highest BCUT2D eigenvalue weighted by Gasteiger charge is 2.19. The van der Waals surface area contributed by atoms with Crippen molar-refractivity contribution in [3.8, 4) is 0 Å². The molecule has 7 heteroatoms. The van der Waals surface area contributed by atoms with Crippen LogP contribution in [0, 0.1) is 0 Å². The van der Waals surface area contributed by atoms with Crippen LogP contribution in [0.15, 0.2) is 34.4 Å². The van der Waals surface area contributed by atoms with Crippen LogP contribution in [0.3, 0.4) is 0 Å². The molecule has 0 saturated heterocycles. The van der Waals surface area contributed by atoms with E-state index in [1.807, 2.05) is 24.3 Å². The minimum absolute atomic E-state index is 0.0397. The molecule has 144 valence electrons. The van der Waals surface area contributed by atoms with E-state index in [9.17, 15) is 9.59 Å². The molecular weight excluding hydrogens is 380 g/mol. The van der Waals surface area contributed by atoms with Gasteiger partial charge in [0.15, 0.2) is 0 Å². The maximum absolute atomic E-state index is 12.2. The number of rotatable bonds is 6. The fourth-order valence-electron chi connectivity index (χ4n) is 3.10. The third-order valence-electron chi connectivity index (χ3n) is 4.40.